The summed E-state index contributed by atoms with van der Waals surface area (Å²) in [4.78, 5) is 40.2. The number of carbonyl (C=O) groups is 3. The molecule has 2 aliphatic rings. The highest BCUT2D eigenvalue weighted by Crippen LogP contribution is 2.19. The monoisotopic (exact) mass is 358 g/mol. The predicted octanol–water partition coefficient (Wildman–Crippen LogP) is 1.51. The molecule has 6 heteroatoms. The lowest BCUT2D eigenvalue weighted by atomic mass is 10.0. The number of nitrogens with zero attached hydrogens (tertiary/aromatic N) is 2. The van der Waals surface area contributed by atoms with Crippen LogP contribution < -0.4 is 4.90 Å². The molecule has 4 amide bonds. The summed E-state index contributed by atoms with van der Waals surface area (Å²) >= 11 is 0. The Labute approximate surface area is 154 Å². The van der Waals surface area contributed by atoms with Crippen molar-refractivity contribution in [3.8, 4) is 0 Å². The van der Waals surface area contributed by atoms with Gasteiger partial charge in [-0.15, -0.1) is 0 Å². The standard InChI is InChI=1S/C20H27N3O3/c1-13(2)16-7-5-15(6-8-16)11-21(17-9-10-17)12-22-18(24)19(25)23(14(3)4)20(22)26/h5-8,13-14,17H,9-12H2,1-4H3/p+1. The molecule has 1 aromatic carbocycles. The molecule has 0 bridgehead atoms. The van der Waals surface area contributed by atoms with E-state index in [1.807, 2.05) is 0 Å². The van der Waals surface area contributed by atoms with Crippen LogP contribution in [0.5, 0.6) is 0 Å². The molecule has 1 aliphatic carbocycles. The van der Waals surface area contributed by atoms with E-state index in [4.69, 9.17) is 0 Å². The number of hydrogen-bond acceptors (Lipinski definition) is 3. The minimum Gasteiger partial charge on any atom is -0.311 e. The minimum absolute atomic E-state index is 0.253. The molecule has 26 heavy (non-hydrogen) atoms. The fourth-order valence-electron chi connectivity index (χ4n) is 3.42. The van der Waals surface area contributed by atoms with Crippen LogP contribution in [0, 0.1) is 0 Å². The summed E-state index contributed by atoms with van der Waals surface area (Å²) in [6.07, 6.45) is 2.19. The highest BCUT2D eigenvalue weighted by atomic mass is 16.2. The summed E-state index contributed by atoms with van der Waals surface area (Å²) in [5, 5.41) is 0. The summed E-state index contributed by atoms with van der Waals surface area (Å²) < 4.78 is 0. The first kappa shape index (κ1) is 18.6. The maximum absolute atomic E-state index is 12.5. The molecule has 1 saturated heterocycles. The predicted molar refractivity (Wildman–Crippen MR) is 97.3 cm³/mol. The maximum atomic E-state index is 12.5. The highest BCUT2D eigenvalue weighted by molar-refractivity contribution is 6.44. The number of quaternary nitrogens is 1. The molecule has 1 aromatic rings. The minimum atomic E-state index is -0.707. The third kappa shape index (κ3) is 3.65. The van der Waals surface area contributed by atoms with Gasteiger partial charge in [0.1, 0.15) is 6.54 Å². The van der Waals surface area contributed by atoms with E-state index in [1.165, 1.54) is 16.0 Å². The van der Waals surface area contributed by atoms with Crippen molar-refractivity contribution in [1.82, 2.24) is 9.80 Å². The molecule has 1 unspecified atom stereocenters. The van der Waals surface area contributed by atoms with E-state index in [9.17, 15) is 14.4 Å². The second-order valence-electron chi connectivity index (χ2n) is 7.95. The number of urea groups is 1. The van der Waals surface area contributed by atoms with Gasteiger partial charge in [0.25, 0.3) is 0 Å². The van der Waals surface area contributed by atoms with Gasteiger partial charge in [0.15, 0.2) is 6.67 Å². The van der Waals surface area contributed by atoms with Crippen LogP contribution in [-0.2, 0) is 16.1 Å². The van der Waals surface area contributed by atoms with E-state index in [2.05, 4.69) is 38.1 Å². The SMILES string of the molecule is CC(C)c1ccc(C[NH+](CN2C(=O)C(=O)N(C(C)C)C2=O)C2CC2)cc1. The normalized spacial score (nSPS) is 19.2. The summed E-state index contributed by atoms with van der Waals surface area (Å²) in [7, 11) is 0. The summed E-state index contributed by atoms with van der Waals surface area (Å²) in [6, 6.07) is 8.18. The van der Waals surface area contributed by atoms with E-state index in [1.54, 1.807) is 13.8 Å². The molecular formula is C20H28N3O3+. The lowest BCUT2D eigenvalue weighted by Crippen LogP contribution is -3.13. The van der Waals surface area contributed by atoms with Crippen LogP contribution in [-0.4, -0.2) is 46.4 Å². The van der Waals surface area contributed by atoms with Crippen molar-refractivity contribution in [2.75, 3.05) is 6.67 Å². The van der Waals surface area contributed by atoms with Gasteiger partial charge in [-0.2, -0.15) is 0 Å². The van der Waals surface area contributed by atoms with Gasteiger partial charge in [0.2, 0.25) is 0 Å². The highest BCUT2D eigenvalue weighted by Gasteiger charge is 2.48. The first-order valence-electron chi connectivity index (χ1n) is 9.42. The molecule has 1 heterocycles. The Balaban J connectivity index is 1.72. The number of amides is 4. The average Bonchev–Trinajstić information content (AvgIpc) is 3.39. The van der Waals surface area contributed by atoms with Crippen molar-refractivity contribution in [1.29, 1.82) is 0 Å². The molecule has 1 N–H and O–H groups in total. The van der Waals surface area contributed by atoms with Crippen LogP contribution in [0.1, 0.15) is 57.6 Å². The molecule has 6 nitrogen and oxygen atoms in total. The van der Waals surface area contributed by atoms with Crippen molar-refractivity contribution in [3.63, 3.8) is 0 Å². The molecule has 1 aliphatic heterocycles. The lowest BCUT2D eigenvalue weighted by Gasteiger charge is -2.24. The third-order valence-electron chi connectivity index (χ3n) is 5.19. The van der Waals surface area contributed by atoms with Crippen LogP contribution in [0.3, 0.4) is 0 Å². The van der Waals surface area contributed by atoms with Gasteiger partial charge in [0.05, 0.1) is 6.04 Å². The van der Waals surface area contributed by atoms with Gasteiger partial charge in [-0.05, 0) is 25.3 Å². The molecule has 2 fully saturated rings. The molecule has 0 spiro atoms. The second kappa shape index (κ2) is 7.19. The Morgan fingerprint density at radius 1 is 1.00 bits per heavy atom. The molecule has 0 radical (unpaired) electrons. The third-order valence-corrected chi connectivity index (χ3v) is 5.19. The Morgan fingerprint density at radius 2 is 1.62 bits per heavy atom. The van der Waals surface area contributed by atoms with Crippen molar-refractivity contribution < 1.29 is 19.3 Å². The number of imide groups is 2. The van der Waals surface area contributed by atoms with Crippen molar-refractivity contribution in [2.24, 2.45) is 0 Å². The Kier molecular flexibility index (Phi) is 5.14. The van der Waals surface area contributed by atoms with Crippen molar-refractivity contribution in [3.05, 3.63) is 35.4 Å². The van der Waals surface area contributed by atoms with Gasteiger partial charge >= 0.3 is 17.8 Å². The van der Waals surface area contributed by atoms with E-state index in [-0.39, 0.29) is 12.7 Å². The topological polar surface area (TPSA) is 62.1 Å². The first-order chi connectivity index (χ1) is 12.3. The first-order valence-corrected chi connectivity index (χ1v) is 9.42. The molecule has 3 rings (SSSR count). The lowest BCUT2D eigenvalue weighted by molar-refractivity contribution is -0.931. The summed E-state index contributed by atoms with van der Waals surface area (Å²) in [5.74, 6) is -0.915. The molecule has 140 valence electrons. The Hall–Kier alpha value is -2.21. The van der Waals surface area contributed by atoms with Gasteiger partial charge < -0.3 is 4.90 Å². The molecular weight excluding hydrogens is 330 g/mol. The number of benzene rings is 1. The average molecular weight is 358 g/mol. The second-order valence-corrected chi connectivity index (χ2v) is 7.95. The number of nitrogens with one attached hydrogen (secondary N) is 1. The van der Waals surface area contributed by atoms with E-state index in [0.29, 0.717) is 12.0 Å². The van der Waals surface area contributed by atoms with E-state index < -0.39 is 17.8 Å². The Bertz CT molecular complexity index is 708. The number of carbonyl (C=O) groups excluding carboxylic acids is 3. The molecule has 1 atom stereocenters. The van der Waals surface area contributed by atoms with Crippen LogP contribution in [0.2, 0.25) is 0 Å². The maximum Gasteiger partial charge on any atom is 0.338 e. The van der Waals surface area contributed by atoms with Gasteiger partial charge in [-0.3, -0.25) is 14.5 Å². The Morgan fingerprint density at radius 3 is 2.08 bits per heavy atom. The fourth-order valence-corrected chi connectivity index (χ4v) is 3.42. The zero-order valence-corrected chi connectivity index (χ0v) is 16.0. The van der Waals surface area contributed by atoms with Gasteiger partial charge in [-0.25, -0.2) is 9.69 Å². The molecule has 0 aromatic heterocycles. The quantitative estimate of drug-likeness (QED) is 0.594. The number of hydrogen-bond donors (Lipinski definition) is 1. The fraction of sp³-hybridized carbons (Fsp3) is 0.550. The van der Waals surface area contributed by atoms with E-state index in [0.717, 1.165) is 29.2 Å². The van der Waals surface area contributed by atoms with Crippen molar-refractivity contribution in [2.45, 2.75) is 65.1 Å². The van der Waals surface area contributed by atoms with Crippen LogP contribution >= 0.6 is 0 Å². The summed E-state index contributed by atoms with van der Waals surface area (Å²) in [5.41, 5.74) is 2.48. The van der Waals surface area contributed by atoms with Gasteiger partial charge in [0, 0.05) is 24.4 Å². The van der Waals surface area contributed by atoms with Crippen LogP contribution in [0.15, 0.2) is 24.3 Å². The van der Waals surface area contributed by atoms with Crippen LogP contribution in [0.25, 0.3) is 0 Å². The van der Waals surface area contributed by atoms with Gasteiger partial charge in [-0.1, -0.05) is 38.1 Å². The largest absolute Gasteiger partial charge is 0.338 e. The van der Waals surface area contributed by atoms with Crippen molar-refractivity contribution >= 4 is 17.8 Å². The van der Waals surface area contributed by atoms with Crippen LogP contribution in [0.4, 0.5) is 4.79 Å². The molecule has 1 saturated carbocycles. The summed E-state index contributed by atoms with van der Waals surface area (Å²) in [6.45, 7) is 8.82. The zero-order chi connectivity index (χ0) is 19.0. The zero-order valence-electron chi connectivity index (χ0n) is 16.0. The smallest absolute Gasteiger partial charge is 0.311 e. The number of rotatable bonds is 7. The van der Waals surface area contributed by atoms with E-state index >= 15 is 0 Å².